The van der Waals surface area contributed by atoms with Gasteiger partial charge in [0.25, 0.3) is 0 Å². The molecule has 0 aliphatic heterocycles. The summed E-state index contributed by atoms with van der Waals surface area (Å²) < 4.78 is 11.0. The number of thiophene rings is 1. The van der Waals surface area contributed by atoms with Crippen molar-refractivity contribution in [2.24, 2.45) is 0 Å². The number of ether oxygens (including phenoxy) is 2. The molecule has 0 amide bonds. The molecule has 0 spiro atoms. The van der Waals surface area contributed by atoms with E-state index < -0.39 is 11.6 Å². The van der Waals surface area contributed by atoms with Crippen molar-refractivity contribution in [2.45, 2.75) is 33.3 Å². The zero-order valence-electron chi connectivity index (χ0n) is 13.7. The van der Waals surface area contributed by atoms with E-state index in [2.05, 4.69) is 0 Å². The number of benzene rings is 1. The van der Waals surface area contributed by atoms with Crippen LogP contribution in [-0.2, 0) is 4.74 Å². The molecule has 5 heteroatoms. The standard InChI is InChI=1S/C18H20O4S/c1-5-21-15-8-6-12(16-9-7-13(11-19)23-16)10-14(15)17(20)22-18(2,3)4/h6-11H,5H2,1-4H3. The molecule has 2 rings (SSSR count). The largest absolute Gasteiger partial charge is 0.493 e. The van der Waals surface area contributed by atoms with Crippen molar-refractivity contribution in [3.05, 3.63) is 40.8 Å². The molecule has 1 aromatic carbocycles. The molecule has 122 valence electrons. The number of aldehydes is 1. The molecule has 23 heavy (non-hydrogen) atoms. The van der Waals surface area contributed by atoms with Gasteiger partial charge in [-0.25, -0.2) is 4.79 Å². The van der Waals surface area contributed by atoms with Crippen LogP contribution in [0.3, 0.4) is 0 Å². The highest BCUT2D eigenvalue weighted by Crippen LogP contribution is 2.32. The Morgan fingerprint density at radius 2 is 1.96 bits per heavy atom. The molecule has 1 aromatic heterocycles. The van der Waals surface area contributed by atoms with Crippen molar-refractivity contribution in [1.82, 2.24) is 0 Å². The summed E-state index contributed by atoms with van der Waals surface area (Å²) >= 11 is 1.38. The Hall–Kier alpha value is -2.14. The van der Waals surface area contributed by atoms with Crippen molar-refractivity contribution < 1.29 is 19.1 Å². The highest BCUT2D eigenvalue weighted by molar-refractivity contribution is 7.17. The first-order valence-electron chi connectivity index (χ1n) is 7.39. The molecule has 0 atom stereocenters. The van der Waals surface area contributed by atoms with Gasteiger partial charge >= 0.3 is 5.97 Å². The molecule has 4 nitrogen and oxygen atoms in total. The molecule has 0 aliphatic carbocycles. The molecule has 0 N–H and O–H groups in total. The minimum Gasteiger partial charge on any atom is -0.493 e. The molecule has 0 radical (unpaired) electrons. The van der Waals surface area contributed by atoms with Gasteiger partial charge in [0, 0.05) is 4.88 Å². The van der Waals surface area contributed by atoms with Crippen LogP contribution in [0, 0.1) is 0 Å². The molecule has 2 aromatic rings. The van der Waals surface area contributed by atoms with Gasteiger partial charge in [-0.05, 0) is 63.6 Å². The Morgan fingerprint density at radius 1 is 1.22 bits per heavy atom. The number of hydrogen-bond donors (Lipinski definition) is 0. The van der Waals surface area contributed by atoms with Crippen LogP contribution in [0.15, 0.2) is 30.3 Å². The zero-order valence-corrected chi connectivity index (χ0v) is 14.5. The van der Waals surface area contributed by atoms with E-state index in [9.17, 15) is 9.59 Å². The Bertz CT molecular complexity index is 710. The quantitative estimate of drug-likeness (QED) is 0.594. The van der Waals surface area contributed by atoms with E-state index in [0.29, 0.717) is 22.8 Å². The second-order valence-corrected chi connectivity index (χ2v) is 7.08. The minimum atomic E-state index is -0.579. The summed E-state index contributed by atoms with van der Waals surface area (Å²) in [6, 6.07) is 9.01. The SMILES string of the molecule is CCOc1ccc(-c2ccc(C=O)s2)cc1C(=O)OC(C)(C)C. The van der Waals surface area contributed by atoms with E-state index in [-0.39, 0.29) is 0 Å². The van der Waals surface area contributed by atoms with Crippen LogP contribution < -0.4 is 4.74 Å². The summed E-state index contributed by atoms with van der Waals surface area (Å²) in [6.07, 6.45) is 0.817. The fraction of sp³-hybridized carbons (Fsp3) is 0.333. The number of esters is 1. The third-order valence-electron chi connectivity index (χ3n) is 2.93. The number of carbonyl (C=O) groups excluding carboxylic acids is 2. The number of rotatable bonds is 5. The second-order valence-electron chi connectivity index (χ2n) is 5.97. The predicted octanol–water partition coefficient (Wildman–Crippen LogP) is 4.58. The lowest BCUT2D eigenvalue weighted by atomic mass is 10.1. The summed E-state index contributed by atoms with van der Waals surface area (Å²) in [6.45, 7) is 7.80. The fourth-order valence-electron chi connectivity index (χ4n) is 2.03. The lowest BCUT2D eigenvalue weighted by Gasteiger charge is -2.20. The topological polar surface area (TPSA) is 52.6 Å². The van der Waals surface area contributed by atoms with E-state index in [1.807, 2.05) is 39.8 Å². The number of carbonyl (C=O) groups is 2. The average molecular weight is 332 g/mol. The van der Waals surface area contributed by atoms with Crippen molar-refractivity contribution in [2.75, 3.05) is 6.61 Å². The second kappa shape index (κ2) is 6.96. The summed E-state index contributed by atoms with van der Waals surface area (Å²) in [5.74, 6) is 0.0765. The van der Waals surface area contributed by atoms with Crippen molar-refractivity contribution in [1.29, 1.82) is 0 Å². The van der Waals surface area contributed by atoms with Gasteiger partial charge in [0.1, 0.15) is 16.9 Å². The van der Waals surface area contributed by atoms with E-state index >= 15 is 0 Å². The normalized spacial score (nSPS) is 11.1. The fourth-order valence-corrected chi connectivity index (χ4v) is 2.85. The summed E-state index contributed by atoms with van der Waals surface area (Å²) in [5, 5.41) is 0. The Labute approximate surface area is 140 Å². The smallest absolute Gasteiger partial charge is 0.342 e. The van der Waals surface area contributed by atoms with Gasteiger partial charge in [-0.2, -0.15) is 0 Å². The highest BCUT2D eigenvalue weighted by Gasteiger charge is 2.22. The van der Waals surface area contributed by atoms with Crippen LogP contribution in [-0.4, -0.2) is 24.5 Å². The lowest BCUT2D eigenvalue weighted by molar-refractivity contribution is 0.00660. The third-order valence-corrected chi connectivity index (χ3v) is 3.99. The minimum absolute atomic E-state index is 0.389. The average Bonchev–Trinajstić information content (AvgIpc) is 2.95. The van der Waals surface area contributed by atoms with E-state index in [4.69, 9.17) is 9.47 Å². The van der Waals surface area contributed by atoms with Gasteiger partial charge in [0.2, 0.25) is 0 Å². The predicted molar refractivity (Wildman–Crippen MR) is 91.5 cm³/mol. The maximum atomic E-state index is 12.4. The molecule has 0 unspecified atom stereocenters. The molecule has 0 fully saturated rings. The van der Waals surface area contributed by atoms with Crippen molar-refractivity contribution in [3.8, 4) is 16.2 Å². The number of hydrogen-bond acceptors (Lipinski definition) is 5. The van der Waals surface area contributed by atoms with Gasteiger partial charge < -0.3 is 9.47 Å². The van der Waals surface area contributed by atoms with E-state index in [1.165, 1.54) is 11.3 Å². The maximum Gasteiger partial charge on any atom is 0.342 e. The molecule has 0 aliphatic rings. The Morgan fingerprint density at radius 3 is 2.52 bits per heavy atom. The van der Waals surface area contributed by atoms with Crippen LogP contribution in [0.2, 0.25) is 0 Å². The molecular formula is C18H20O4S. The van der Waals surface area contributed by atoms with Gasteiger partial charge in [0.05, 0.1) is 11.5 Å². The van der Waals surface area contributed by atoms with Gasteiger partial charge in [-0.15, -0.1) is 11.3 Å². The van der Waals surface area contributed by atoms with Crippen LogP contribution in [0.25, 0.3) is 10.4 Å². The van der Waals surface area contributed by atoms with Gasteiger partial charge in [-0.3, -0.25) is 4.79 Å². The third kappa shape index (κ3) is 4.42. The van der Waals surface area contributed by atoms with E-state index in [1.54, 1.807) is 18.2 Å². The molecular weight excluding hydrogens is 312 g/mol. The summed E-state index contributed by atoms with van der Waals surface area (Å²) in [7, 11) is 0. The highest BCUT2D eigenvalue weighted by atomic mass is 32.1. The first-order chi connectivity index (χ1) is 10.8. The van der Waals surface area contributed by atoms with Crippen LogP contribution in [0.1, 0.15) is 47.7 Å². The maximum absolute atomic E-state index is 12.4. The van der Waals surface area contributed by atoms with Crippen LogP contribution >= 0.6 is 11.3 Å². The molecule has 0 saturated heterocycles. The summed E-state index contributed by atoms with van der Waals surface area (Å²) in [5.41, 5.74) is 0.664. The van der Waals surface area contributed by atoms with Crippen molar-refractivity contribution >= 4 is 23.6 Å². The zero-order chi connectivity index (χ0) is 17.0. The van der Waals surface area contributed by atoms with Crippen molar-refractivity contribution in [3.63, 3.8) is 0 Å². The first kappa shape index (κ1) is 17.2. The first-order valence-corrected chi connectivity index (χ1v) is 8.21. The Balaban J connectivity index is 2.42. The van der Waals surface area contributed by atoms with Gasteiger partial charge in [-0.1, -0.05) is 0 Å². The summed E-state index contributed by atoms with van der Waals surface area (Å²) in [4.78, 5) is 24.8. The molecule has 0 bridgehead atoms. The Kier molecular flexibility index (Phi) is 5.21. The van der Waals surface area contributed by atoms with Crippen LogP contribution in [0.5, 0.6) is 5.75 Å². The molecule has 1 heterocycles. The molecule has 0 saturated carbocycles. The monoisotopic (exact) mass is 332 g/mol. The van der Waals surface area contributed by atoms with Crippen LogP contribution in [0.4, 0.5) is 0 Å². The van der Waals surface area contributed by atoms with Gasteiger partial charge in [0.15, 0.2) is 6.29 Å². The lowest BCUT2D eigenvalue weighted by Crippen LogP contribution is -2.24. The van der Waals surface area contributed by atoms with E-state index in [0.717, 1.165) is 16.7 Å².